The molecule has 3 N–H and O–H groups in total. The third-order valence-electron chi connectivity index (χ3n) is 1.84. The van der Waals surface area contributed by atoms with Crippen LogP contribution in [0.4, 0.5) is 0 Å². The molecule has 0 aliphatic carbocycles. The van der Waals surface area contributed by atoms with Gasteiger partial charge in [-0.3, -0.25) is 0 Å². The lowest BCUT2D eigenvalue weighted by Crippen LogP contribution is -2.02. The summed E-state index contributed by atoms with van der Waals surface area (Å²) in [6, 6.07) is 4.22. The van der Waals surface area contributed by atoms with Gasteiger partial charge in [0.05, 0.1) is 0 Å². The molecular weight excluding hydrogens is 148 g/mol. The van der Waals surface area contributed by atoms with Gasteiger partial charge in [0.15, 0.2) is 0 Å². The van der Waals surface area contributed by atoms with Gasteiger partial charge < -0.3 is 10.7 Å². The van der Waals surface area contributed by atoms with Crippen LogP contribution >= 0.6 is 0 Å². The van der Waals surface area contributed by atoms with Crippen molar-refractivity contribution in [1.82, 2.24) is 4.98 Å². The highest BCUT2D eigenvalue weighted by atomic mass is 14.7. The van der Waals surface area contributed by atoms with Crippen molar-refractivity contribution in [2.45, 2.75) is 19.3 Å². The first kappa shape index (κ1) is 9.07. The largest absolute Gasteiger partial charge is 0.362 e. The molecule has 0 atom stereocenters. The second kappa shape index (κ2) is 4.78. The van der Waals surface area contributed by atoms with E-state index in [-0.39, 0.29) is 0 Å². The molecule has 1 heterocycles. The molecule has 0 aromatic carbocycles. The number of aromatic nitrogens is 1. The van der Waals surface area contributed by atoms with Gasteiger partial charge in [-0.2, -0.15) is 0 Å². The van der Waals surface area contributed by atoms with E-state index in [1.54, 1.807) is 0 Å². The van der Waals surface area contributed by atoms with Crippen molar-refractivity contribution >= 4 is 0 Å². The molecule has 1 aromatic heterocycles. The fourth-order valence-corrected chi connectivity index (χ4v) is 1.20. The fourth-order valence-electron chi connectivity index (χ4n) is 1.20. The van der Waals surface area contributed by atoms with Gasteiger partial charge in [-0.1, -0.05) is 6.08 Å². The molecule has 66 valence electrons. The SMILES string of the molecule is C=CCCc1ccc(CCN)[nH]1. The molecule has 0 bridgehead atoms. The van der Waals surface area contributed by atoms with Gasteiger partial charge in [0, 0.05) is 11.4 Å². The smallest absolute Gasteiger partial charge is 0.0161 e. The van der Waals surface area contributed by atoms with Gasteiger partial charge in [-0.25, -0.2) is 0 Å². The Balaban J connectivity index is 2.46. The second-order valence-electron chi connectivity index (χ2n) is 2.87. The van der Waals surface area contributed by atoms with Gasteiger partial charge in [-0.05, 0) is 37.9 Å². The lowest BCUT2D eigenvalue weighted by atomic mass is 10.2. The van der Waals surface area contributed by atoms with Gasteiger partial charge in [0.1, 0.15) is 0 Å². The van der Waals surface area contributed by atoms with Crippen LogP contribution in [0.25, 0.3) is 0 Å². The number of hydrogen-bond acceptors (Lipinski definition) is 1. The van der Waals surface area contributed by atoms with Crippen molar-refractivity contribution in [3.63, 3.8) is 0 Å². The molecule has 0 saturated heterocycles. The van der Waals surface area contributed by atoms with Crippen LogP contribution in [0.2, 0.25) is 0 Å². The summed E-state index contributed by atoms with van der Waals surface area (Å²) in [6.07, 6.45) is 4.95. The maximum atomic E-state index is 5.43. The number of rotatable bonds is 5. The quantitative estimate of drug-likeness (QED) is 0.638. The zero-order valence-electron chi connectivity index (χ0n) is 7.34. The highest BCUT2D eigenvalue weighted by molar-refractivity contribution is 5.13. The summed E-state index contributed by atoms with van der Waals surface area (Å²) in [4.78, 5) is 3.32. The summed E-state index contributed by atoms with van der Waals surface area (Å²) < 4.78 is 0. The van der Waals surface area contributed by atoms with Crippen molar-refractivity contribution in [1.29, 1.82) is 0 Å². The molecule has 12 heavy (non-hydrogen) atoms. The lowest BCUT2D eigenvalue weighted by Gasteiger charge is -1.94. The Kier molecular flexibility index (Phi) is 3.61. The van der Waals surface area contributed by atoms with Crippen LogP contribution in [-0.2, 0) is 12.8 Å². The summed E-state index contributed by atoms with van der Waals surface area (Å²) in [5, 5.41) is 0. The van der Waals surface area contributed by atoms with Gasteiger partial charge in [0.25, 0.3) is 0 Å². The van der Waals surface area contributed by atoms with E-state index in [1.807, 2.05) is 6.08 Å². The zero-order valence-corrected chi connectivity index (χ0v) is 7.34. The number of allylic oxidation sites excluding steroid dienone is 1. The van der Waals surface area contributed by atoms with E-state index in [0.717, 1.165) is 19.3 Å². The first-order valence-corrected chi connectivity index (χ1v) is 4.34. The van der Waals surface area contributed by atoms with E-state index < -0.39 is 0 Å². The summed E-state index contributed by atoms with van der Waals surface area (Å²) in [5.74, 6) is 0. The molecule has 2 nitrogen and oxygen atoms in total. The van der Waals surface area contributed by atoms with Crippen molar-refractivity contribution in [3.05, 3.63) is 36.2 Å². The molecule has 0 radical (unpaired) electrons. The standard InChI is InChI=1S/C10H16N2/c1-2-3-4-9-5-6-10(12-9)7-8-11/h2,5-6,12H,1,3-4,7-8,11H2. The van der Waals surface area contributed by atoms with Crippen molar-refractivity contribution in [3.8, 4) is 0 Å². The molecule has 0 aliphatic heterocycles. The molecule has 1 aromatic rings. The Hall–Kier alpha value is -1.02. The van der Waals surface area contributed by atoms with Crippen LogP contribution in [0.1, 0.15) is 17.8 Å². The highest BCUT2D eigenvalue weighted by Crippen LogP contribution is 2.04. The van der Waals surface area contributed by atoms with Crippen molar-refractivity contribution in [2.24, 2.45) is 5.73 Å². The Morgan fingerprint density at radius 2 is 2.00 bits per heavy atom. The van der Waals surface area contributed by atoms with Gasteiger partial charge >= 0.3 is 0 Å². The number of aromatic amines is 1. The molecule has 0 fully saturated rings. The monoisotopic (exact) mass is 164 g/mol. The topological polar surface area (TPSA) is 41.8 Å². The second-order valence-corrected chi connectivity index (χ2v) is 2.87. The molecule has 0 saturated carbocycles. The van der Waals surface area contributed by atoms with E-state index in [0.29, 0.717) is 6.54 Å². The van der Waals surface area contributed by atoms with E-state index in [9.17, 15) is 0 Å². The van der Waals surface area contributed by atoms with Gasteiger partial charge in [0.2, 0.25) is 0 Å². The Morgan fingerprint density at radius 3 is 2.58 bits per heavy atom. The first-order chi connectivity index (χ1) is 5.86. The Morgan fingerprint density at radius 1 is 1.33 bits per heavy atom. The maximum absolute atomic E-state index is 5.43. The van der Waals surface area contributed by atoms with Crippen LogP contribution in [0.3, 0.4) is 0 Å². The van der Waals surface area contributed by atoms with Crippen molar-refractivity contribution in [2.75, 3.05) is 6.54 Å². The average Bonchev–Trinajstić information content (AvgIpc) is 2.50. The summed E-state index contributed by atoms with van der Waals surface area (Å²) in [7, 11) is 0. The minimum atomic E-state index is 0.710. The van der Waals surface area contributed by atoms with E-state index in [2.05, 4.69) is 23.7 Å². The van der Waals surface area contributed by atoms with Gasteiger partial charge in [-0.15, -0.1) is 6.58 Å². The fraction of sp³-hybridized carbons (Fsp3) is 0.400. The van der Waals surface area contributed by atoms with Crippen LogP contribution < -0.4 is 5.73 Å². The minimum absolute atomic E-state index is 0.710. The summed E-state index contributed by atoms with van der Waals surface area (Å²) in [5.41, 5.74) is 7.94. The number of aryl methyl sites for hydroxylation is 1. The number of nitrogens with two attached hydrogens (primary N) is 1. The normalized spacial score (nSPS) is 10.1. The molecule has 2 heteroatoms. The number of H-pyrrole nitrogens is 1. The molecule has 0 unspecified atom stereocenters. The average molecular weight is 164 g/mol. The summed E-state index contributed by atoms with van der Waals surface area (Å²) >= 11 is 0. The Bertz CT molecular complexity index is 238. The highest BCUT2D eigenvalue weighted by Gasteiger charge is 1.96. The molecule has 0 spiro atoms. The molecule has 0 aliphatic rings. The summed E-state index contributed by atoms with van der Waals surface area (Å²) in [6.45, 7) is 4.39. The maximum Gasteiger partial charge on any atom is 0.0161 e. The first-order valence-electron chi connectivity index (χ1n) is 4.34. The minimum Gasteiger partial charge on any atom is -0.362 e. The van der Waals surface area contributed by atoms with Crippen LogP contribution in [0.15, 0.2) is 24.8 Å². The van der Waals surface area contributed by atoms with Crippen molar-refractivity contribution < 1.29 is 0 Å². The van der Waals surface area contributed by atoms with Crippen LogP contribution in [0.5, 0.6) is 0 Å². The van der Waals surface area contributed by atoms with Crippen LogP contribution in [0, 0.1) is 0 Å². The number of nitrogens with one attached hydrogen (secondary N) is 1. The zero-order chi connectivity index (χ0) is 8.81. The van der Waals surface area contributed by atoms with Crippen LogP contribution in [-0.4, -0.2) is 11.5 Å². The number of hydrogen-bond donors (Lipinski definition) is 2. The third-order valence-corrected chi connectivity index (χ3v) is 1.84. The van der Waals surface area contributed by atoms with E-state index >= 15 is 0 Å². The third kappa shape index (κ3) is 2.55. The predicted molar refractivity (Wildman–Crippen MR) is 52.1 cm³/mol. The molecule has 0 amide bonds. The Labute approximate surface area is 73.5 Å². The van der Waals surface area contributed by atoms with E-state index in [4.69, 9.17) is 5.73 Å². The molecule has 1 rings (SSSR count). The predicted octanol–water partition coefficient (Wildman–Crippen LogP) is 1.63. The lowest BCUT2D eigenvalue weighted by molar-refractivity contribution is 0.899. The molecular formula is C10H16N2. The van der Waals surface area contributed by atoms with E-state index in [1.165, 1.54) is 11.4 Å².